The van der Waals surface area contributed by atoms with Crippen molar-refractivity contribution >= 4 is 21.9 Å². The second kappa shape index (κ2) is 6.22. The highest BCUT2D eigenvalue weighted by Gasteiger charge is 2.09. The van der Waals surface area contributed by atoms with Crippen molar-refractivity contribution < 1.29 is 14.3 Å². The standard InChI is InChI=1S/C15H10BrNO3/c1-19-15(18)10-5-7-11(8-6-10)20-14-4-2-3-13(16)12(14)9-17/h2-8H,1H3. The number of nitriles is 1. The highest BCUT2D eigenvalue weighted by Crippen LogP contribution is 2.30. The molecule has 20 heavy (non-hydrogen) atoms. The molecule has 5 heteroatoms. The van der Waals surface area contributed by atoms with Crippen LogP contribution in [0, 0.1) is 11.3 Å². The summed E-state index contributed by atoms with van der Waals surface area (Å²) in [7, 11) is 1.33. The molecule has 0 spiro atoms. The van der Waals surface area contributed by atoms with Gasteiger partial charge in [0.15, 0.2) is 0 Å². The quantitative estimate of drug-likeness (QED) is 0.800. The van der Waals surface area contributed by atoms with Crippen LogP contribution in [0.15, 0.2) is 46.9 Å². The molecule has 100 valence electrons. The Morgan fingerprint density at radius 2 is 1.90 bits per heavy atom. The maximum absolute atomic E-state index is 11.3. The number of hydrogen-bond acceptors (Lipinski definition) is 4. The van der Waals surface area contributed by atoms with Gasteiger partial charge in [-0.3, -0.25) is 0 Å². The Kier molecular flexibility index (Phi) is 4.38. The van der Waals surface area contributed by atoms with Gasteiger partial charge in [0.1, 0.15) is 23.1 Å². The molecule has 0 bridgehead atoms. The lowest BCUT2D eigenvalue weighted by atomic mass is 10.2. The number of nitrogens with zero attached hydrogens (tertiary/aromatic N) is 1. The Hall–Kier alpha value is -2.32. The SMILES string of the molecule is COC(=O)c1ccc(Oc2cccc(Br)c2C#N)cc1. The molecular formula is C15H10BrNO3. The lowest BCUT2D eigenvalue weighted by Crippen LogP contribution is -2.00. The normalized spacial score (nSPS) is 9.65. The molecule has 0 fully saturated rings. The van der Waals surface area contributed by atoms with Gasteiger partial charge in [-0.15, -0.1) is 0 Å². The molecule has 0 saturated carbocycles. The molecule has 0 aliphatic carbocycles. The van der Waals surface area contributed by atoms with Crippen LogP contribution in [0.3, 0.4) is 0 Å². The minimum Gasteiger partial charge on any atom is -0.465 e. The number of ether oxygens (including phenoxy) is 2. The predicted molar refractivity (Wildman–Crippen MR) is 76.7 cm³/mol. The molecule has 0 heterocycles. The Bertz CT molecular complexity index is 675. The number of rotatable bonds is 3. The Morgan fingerprint density at radius 1 is 1.20 bits per heavy atom. The molecule has 2 aromatic carbocycles. The summed E-state index contributed by atoms with van der Waals surface area (Å²) in [4.78, 5) is 11.3. The van der Waals surface area contributed by atoms with Crippen LogP contribution in [-0.2, 0) is 4.74 Å². The number of esters is 1. The van der Waals surface area contributed by atoms with Crippen molar-refractivity contribution in [3.63, 3.8) is 0 Å². The Balaban J connectivity index is 2.25. The van der Waals surface area contributed by atoms with E-state index in [4.69, 9.17) is 10.00 Å². The molecule has 2 aromatic rings. The summed E-state index contributed by atoms with van der Waals surface area (Å²) in [6.45, 7) is 0. The van der Waals surface area contributed by atoms with Crippen molar-refractivity contribution in [2.75, 3.05) is 7.11 Å². The van der Waals surface area contributed by atoms with Crippen LogP contribution in [0.2, 0.25) is 0 Å². The van der Waals surface area contributed by atoms with Crippen molar-refractivity contribution in [1.29, 1.82) is 5.26 Å². The van der Waals surface area contributed by atoms with E-state index >= 15 is 0 Å². The van der Waals surface area contributed by atoms with Gasteiger partial charge < -0.3 is 9.47 Å². The topological polar surface area (TPSA) is 59.3 Å². The van der Waals surface area contributed by atoms with Crippen LogP contribution < -0.4 is 4.74 Å². The van der Waals surface area contributed by atoms with E-state index in [1.54, 1.807) is 42.5 Å². The number of benzene rings is 2. The van der Waals surface area contributed by atoms with Crippen molar-refractivity contribution in [3.05, 3.63) is 58.1 Å². The molecule has 0 amide bonds. The highest BCUT2D eigenvalue weighted by molar-refractivity contribution is 9.10. The van der Waals surface area contributed by atoms with Gasteiger partial charge in [-0.25, -0.2) is 4.79 Å². The third kappa shape index (κ3) is 2.98. The van der Waals surface area contributed by atoms with Crippen LogP contribution in [0.1, 0.15) is 15.9 Å². The fraction of sp³-hybridized carbons (Fsp3) is 0.0667. The first kappa shape index (κ1) is 14.1. The van der Waals surface area contributed by atoms with E-state index in [0.29, 0.717) is 27.1 Å². The van der Waals surface area contributed by atoms with Crippen molar-refractivity contribution in [2.24, 2.45) is 0 Å². The van der Waals surface area contributed by atoms with Crippen LogP contribution in [0.25, 0.3) is 0 Å². The zero-order valence-corrected chi connectivity index (χ0v) is 12.2. The lowest BCUT2D eigenvalue weighted by molar-refractivity contribution is 0.0600. The summed E-state index contributed by atoms with van der Waals surface area (Å²) in [6.07, 6.45) is 0. The van der Waals surface area contributed by atoms with E-state index < -0.39 is 5.97 Å². The minimum absolute atomic E-state index is 0.406. The van der Waals surface area contributed by atoms with Crippen molar-refractivity contribution in [3.8, 4) is 17.6 Å². The van der Waals surface area contributed by atoms with Crippen LogP contribution in [0.5, 0.6) is 11.5 Å². The number of hydrogen-bond donors (Lipinski definition) is 0. The largest absolute Gasteiger partial charge is 0.465 e. The van der Waals surface area contributed by atoms with Gasteiger partial charge in [0.25, 0.3) is 0 Å². The predicted octanol–water partition coefficient (Wildman–Crippen LogP) is 3.90. The first-order chi connectivity index (χ1) is 9.65. The van der Waals surface area contributed by atoms with Crippen molar-refractivity contribution in [2.45, 2.75) is 0 Å². The van der Waals surface area contributed by atoms with E-state index in [9.17, 15) is 4.79 Å². The zero-order valence-electron chi connectivity index (χ0n) is 10.6. The van der Waals surface area contributed by atoms with E-state index in [0.717, 1.165) is 0 Å². The van der Waals surface area contributed by atoms with Crippen LogP contribution in [0.4, 0.5) is 0 Å². The van der Waals surface area contributed by atoms with Gasteiger partial charge >= 0.3 is 5.97 Å². The van der Waals surface area contributed by atoms with Crippen LogP contribution in [-0.4, -0.2) is 13.1 Å². The number of methoxy groups -OCH3 is 1. The first-order valence-corrected chi connectivity index (χ1v) is 6.50. The summed E-state index contributed by atoms with van der Waals surface area (Å²) in [5.74, 6) is 0.580. The molecule has 0 saturated heterocycles. The van der Waals surface area contributed by atoms with Gasteiger partial charge in [0.2, 0.25) is 0 Å². The van der Waals surface area contributed by atoms with Crippen molar-refractivity contribution in [1.82, 2.24) is 0 Å². The maximum Gasteiger partial charge on any atom is 0.337 e. The summed E-state index contributed by atoms with van der Waals surface area (Å²) < 4.78 is 10.9. The first-order valence-electron chi connectivity index (χ1n) is 5.70. The Morgan fingerprint density at radius 3 is 2.50 bits per heavy atom. The van der Waals surface area contributed by atoms with Gasteiger partial charge in [-0.1, -0.05) is 6.07 Å². The third-order valence-electron chi connectivity index (χ3n) is 2.59. The molecule has 4 nitrogen and oxygen atoms in total. The molecule has 0 aromatic heterocycles. The summed E-state index contributed by atoms with van der Waals surface area (Å²) in [5.41, 5.74) is 0.860. The van der Waals surface area contributed by atoms with Gasteiger partial charge in [-0.05, 0) is 52.3 Å². The molecule has 0 atom stereocenters. The average molecular weight is 332 g/mol. The number of halogens is 1. The zero-order chi connectivity index (χ0) is 14.5. The van der Waals surface area contributed by atoms with Gasteiger partial charge in [-0.2, -0.15) is 5.26 Å². The Labute approximate surface area is 124 Å². The highest BCUT2D eigenvalue weighted by atomic mass is 79.9. The minimum atomic E-state index is -0.406. The maximum atomic E-state index is 11.3. The number of carbonyl (C=O) groups excluding carboxylic acids is 1. The molecule has 0 radical (unpaired) electrons. The molecule has 0 aliphatic rings. The van der Waals surface area contributed by atoms with E-state index in [1.165, 1.54) is 7.11 Å². The second-order valence-corrected chi connectivity index (χ2v) is 4.70. The summed E-state index contributed by atoms with van der Waals surface area (Å²) in [6, 6.07) is 13.8. The molecule has 0 N–H and O–H groups in total. The van der Waals surface area contributed by atoms with E-state index in [-0.39, 0.29) is 0 Å². The second-order valence-electron chi connectivity index (χ2n) is 3.84. The fourth-order valence-electron chi connectivity index (χ4n) is 1.60. The lowest BCUT2D eigenvalue weighted by Gasteiger charge is -2.08. The fourth-order valence-corrected chi connectivity index (χ4v) is 2.04. The van der Waals surface area contributed by atoms with Crippen LogP contribution >= 0.6 is 15.9 Å². The van der Waals surface area contributed by atoms with Gasteiger partial charge in [0, 0.05) is 4.47 Å². The van der Waals surface area contributed by atoms with E-state index in [1.807, 2.05) is 0 Å². The molecule has 0 aliphatic heterocycles. The third-order valence-corrected chi connectivity index (χ3v) is 3.25. The average Bonchev–Trinajstić information content (AvgIpc) is 2.47. The molecule has 2 rings (SSSR count). The van der Waals surface area contributed by atoms with E-state index in [2.05, 4.69) is 26.7 Å². The molecular weight excluding hydrogens is 322 g/mol. The van der Waals surface area contributed by atoms with Gasteiger partial charge in [0.05, 0.1) is 12.7 Å². The monoisotopic (exact) mass is 331 g/mol. The smallest absolute Gasteiger partial charge is 0.337 e. The summed E-state index contributed by atoms with van der Waals surface area (Å²) in [5, 5.41) is 9.10. The molecule has 0 unspecified atom stereocenters. The number of carbonyl (C=O) groups is 1. The summed E-state index contributed by atoms with van der Waals surface area (Å²) >= 11 is 3.30.